The van der Waals surface area contributed by atoms with E-state index < -0.39 is 0 Å². The van der Waals surface area contributed by atoms with E-state index in [4.69, 9.17) is 21.1 Å². The molecule has 2 aliphatic heterocycles. The Morgan fingerprint density at radius 3 is 2.81 bits per heavy atom. The number of nitrogens with one attached hydrogen (secondary N) is 1. The van der Waals surface area contributed by atoms with Crippen molar-refractivity contribution in [3.8, 4) is 11.5 Å². The van der Waals surface area contributed by atoms with Gasteiger partial charge in [0.2, 0.25) is 0 Å². The maximum absolute atomic E-state index is 6.17. The van der Waals surface area contributed by atoms with Gasteiger partial charge in [-0.25, -0.2) is 0 Å². The van der Waals surface area contributed by atoms with E-state index in [-0.39, 0.29) is 0 Å². The van der Waals surface area contributed by atoms with Crippen molar-refractivity contribution in [1.29, 1.82) is 0 Å². The van der Waals surface area contributed by atoms with Crippen LogP contribution in [0.3, 0.4) is 0 Å². The Labute approximate surface area is 99.7 Å². The molecular weight excluding hydrogens is 226 g/mol. The van der Waals surface area contributed by atoms with Gasteiger partial charge in [0, 0.05) is 0 Å². The molecule has 0 bridgehead atoms. The molecule has 0 amide bonds. The monoisotopic (exact) mass is 239 g/mol. The molecule has 2 aliphatic rings. The molecule has 16 heavy (non-hydrogen) atoms. The van der Waals surface area contributed by atoms with Gasteiger partial charge in [-0.2, -0.15) is 0 Å². The lowest BCUT2D eigenvalue weighted by atomic mass is 9.94. The molecular formula is C12H14ClNO2. The van der Waals surface area contributed by atoms with Crippen LogP contribution in [0.15, 0.2) is 12.1 Å². The van der Waals surface area contributed by atoms with Crippen LogP contribution in [0.2, 0.25) is 5.02 Å². The molecule has 1 N–H and O–H groups in total. The molecule has 3 nitrogen and oxygen atoms in total. The van der Waals surface area contributed by atoms with Crippen LogP contribution in [0.25, 0.3) is 0 Å². The third-order valence-electron chi connectivity index (χ3n) is 3.05. The number of benzene rings is 1. The lowest BCUT2D eigenvalue weighted by Crippen LogP contribution is -2.43. The molecule has 4 heteroatoms. The van der Waals surface area contributed by atoms with Crippen LogP contribution in [-0.2, 0) is 6.42 Å². The zero-order valence-corrected chi connectivity index (χ0v) is 9.72. The Hall–Kier alpha value is -0.930. The molecule has 1 aromatic rings. The second-order valence-electron chi connectivity index (χ2n) is 4.33. The normalized spacial score (nSPS) is 19.3. The summed E-state index contributed by atoms with van der Waals surface area (Å²) in [6.07, 6.45) is 1.06. The highest BCUT2D eigenvalue weighted by molar-refractivity contribution is 6.32. The number of hydrogen-bond acceptors (Lipinski definition) is 3. The average Bonchev–Trinajstić information content (AvgIpc) is 2.24. The van der Waals surface area contributed by atoms with Gasteiger partial charge in [-0.3, -0.25) is 0 Å². The van der Waals surface area contributed by atoms with Crippen molar-refractivity contribution in [3.05, 3.63) is 22.7 Å². The van der Waals surface area contributed by atoms with Crippen LogP contribution < -0.4 is 14.8 Å². The quantitative estimate of drug-likeness (QED) is 0.855. The SMILES string of the molecule is Clc1cc(CC2CNC2)cc2c1OCCO2. The molecule has 1 fully saturated rings. The first-order valence-corrected chi connectivity index (χ1v) is 5.99. The van der Waals surface area contributed by atoms with Crippen molar-refractivity contribution in [2.75, 3.05) is 26.3 Å². The molecule has 0 aromatic heterocycles. The number of hydrogen-bond donors (Lipinski definition) is 1. The third kappa shape index (κ3) is 1.85. The number of ether oxygens (including phenoxy) is 2. The largest absolute Gasteiger partial charge is 0.486 e. The summed E-state index contributed by atoms with van der Waals surface area (Å²) in [4.78, 5) is 0. The van der Waals surface area contributed by atoms with Gasteiger partial charge < -0.3 is 14.8 Å². The molecule has 0 saturated carbocycles. The van der Waals surface area contributed by atoms with Gasteiger partial charge in [0.25, 0.3) is 0 Å². The van der Waals surface area contributed by atoms with E-state index in [2.05, 4.69) is 11.4 Å². The van der Waals surface area contributed by atoms with Crippen LogP contribution in [0, 0.1) is 5.92 Å². The van der Waals surface area contributed by atoms with Crippen LogP contribution in [0.1, 0.15) is 5.56 Å². The van der Waals surface area contributed by atoms with E-state index in [1.165, 1.54) is 5.56 Å². The molecule has 3 rings (SSSR count). The van der Waals surface area contributed by atoms with Crippen molar-refractivity contribution in [2.24, 2.45) is 5.92 Å². The number of fused-ring (bicyclic) bond motifs is 1. The molecule has 0 unspecified atom stereocenters. The zero-order chi connectivity index (χ0) is 11.0. The summed E-state index contributed by atoms with van der Waals surface area (Å²) in [6.45, 7) is 3.40. The Morgan fingerprint density at radius 2 is 2.06 bits per heavy atom. The number of rotatable bonds is 2. The van der Waals surface area contributed by atoms with Crippen molar-refractivity contribution in [2.45, 2.75) is 6.42 Å². The predicted molar refractivity (Wildman–Crippen MR) is 62.5 cm³/mol. The lowest BCUT2D eigenvalue weighted by Gasteiger charge is -2.28. The van der Waals surface area contributed by atoms with E-state index in [1.807, 2.05) is 6.07 Å². The maximum Gasteiger partial charge on any atom is 0.179 e. The standard InChI is InChI=1S/C12H14ClNO2/c13-10-4-8(3-9-6-14-7-9)5-11-12(10)16-2-1-15-11/h4-5,9,14H,1-3,6-7H2. The van der Waals surface area contributed by atoms with E-state index in [0.717, 1.165) is 31.2 Å². The fourth-order valence-corrected chi connectivity index (χ4v) is 2.40. The molecule has 1 aromatic carbocycles. The topological polar surface area (TPSA) is 30.5 Å². The van der Waals surface area contributed by atoms with Crippen LogP contribution >= 0.6 is 11.6 Å². The minimum Gasteiger partial charge on any atom is -0.486 e. The van der Waals surface area contributed by atoms with Crippen molar-refractivity contribution in [1.82, 2.24) is 5.32 Å². The van der Waals surface area contributed by atoms with Gasteiger partial charge in [0.15, 0.2) is 11.5 Å². The third-order valence-corrected chi connectivity index (χ3v) is 3.33. The summed E-state index contributed by atoms with van der Waals surface area (Å²) < 4.78 is 11.0. The van der Waals surface area contributed by atoms with Gasteiger partial charge in [-0.1, -0.05) is 11.6 Å². The smallest absolute Gasteiger partial charge is 0.179 e. The molecule has 2 heterocycles. The van der Waals surface area contributed by atoms with Gasteiger partial charge in [-0.05, 0) is 43.1 Å². The maximum atomic E-state index is 6.17. The molecule has 0 aliphatic carbocycles. The molecule has 1 saturated heterocycles. The van der Waals surface area contributed by atoms with E-state index in [1.54, 1.807) is 0 Å². The van der Waals surface area contributed by atoms with Crippen molar-refractivity contribution < 1.29 is 9.47 Å². The molecule has 86 valence electrons. The van der Waals surface area contributed by atoms with Crippen LogP contribution in [-0.4, -0.2) is 26.3 Å². The summed E-state index contributed by atoms with van der Waals surface area (Å²) in [6, 6.07) is 4.05. The second kappa shape index (κ2) is 4.15. The molecule has 0 radical (unpaired) electrons. The minimum absolute atomic E-state index is 0.582. The molecule has 0 spiro atoms. The van der Waals surface area contributed by atoms with E-state index in [0.29, 0.717) is 24.0 Å². The average molecular weight is 240 g/mol. The van der Waals surface area contributed by atoms with Crippen LogP contribution in [0.4, 0.5) is 0 Å². The van der Waals surface area contributed by atoms with Crippen molar-refractivity contribution >= 4 is 11.6 Å². The Kier molecular flexibility index (Phi) is 2.65. The fraction of sp³-hybridized carbons (Fsp3) is 0.500. The van der Waals surface area contributed by atoms with Gasteiger partial charge >= 0.3 is 0 Å². The Morgan fingerprint density at radius 1 is 1.25 bits per heavy atom. The predicted octanol–water partition coefficient (Wildman–Crippen LogP) is 1.87. The summed E-state index contributed by atoms with van der Waals surface area (Å²) >= 11 is 6.17. The Balaban J connectivity index is 1.85. The summed E-state index contributed by atoms with van der Waals surface area (Å²) in [5, 5.41) is 3.94. The molecule has 0 atom stereocenters. The highest BCUT2D eigenvalue weighted by Crippen LogP contribution is 2.38. The highest BCUT2D eigenvalue weighted by atomic mass is 35.5. The van der Waals surface area contributed by atoms with E-state index >= 15 is 0 Å². The van der Waals surface area contributed by atoms with Gasteiger partial charge in [-0.15, -0.1) is 0 Å². The van der Waals surface area contributed by atoms with Gasteiger partial charge in [0.1, 0.15) is 13.2 Å². The first kappa shape index (κ1) is 10.2. The first-order valence-electron chi connectivity index (χ1n) is 5.61. The van der Waals surface area contributed by atoms with Crippen molar-refractivity contribution in [3.63, 3.8) is 0 Å². The summed E-state index contributed by atoms with van der Waals surface area (Å²) in [7, 11) is 0. The summed E-state index contributed by atoms with van der Waals surface area (Å²) in [5.41, 5.74) is 1.24. The van der Waals surface area contributed by atoms with Crippen LogP contribution in [0.5, 0.6) is 11.5 Å². The number of halogens is 1. The van der Waals surface area contributed by atoms with Gasteiger partial charge in [0.05, 0.1) is 5.02 Å². The second-order valence-corrected chi connectivity index (χ2v) is 4.74. The first-order chi connectivity index (χ1) is 7.83. The fourth-order valence-electron chi connectivity index (χ4n) is 2.11. The van der Waals surface area contributed by atoms with E-state index in [9.17, 15) is 0 Å². The summed E-state index contributed by atoms with van der Waals surface area (Å²) in [5.74, 6) is 2.23. The zero-order valence-electron chi connectivity index (χ0n) is 8.96. The Bertz CT molecular complexity index is 404. The lowest BCUT2D eigenvalue weighted by molar-refractivity contribution is 0.171. The minimum atomic E-state index is 0.582. The highest BCUT2D eigenvalue weighted by Gasteiger charge is 2.20.